The summed E-state index contributed by atoms with van der Waals surface area (Å²) in [5.41, 5.74) is 11.7. The second-order valence-corrected chi connectivity index (χ2v) is 7.75. The summed E-state index contributed by atoms with van der Waals surface area (Å²) in [5, 5.41) is 2.94. The third kappa shape index (κ3) is 4.68. The highest BCUT2D eigenvalue weighted by Gasteiger charge is 2.27. The van der Waals surface area contributed by atoms with Crippen LogP contribution in [0.25, 0.3) is 11.1 Å². The monoisotopic (exact) mass is 423 g/mol. The number of amides is 1. The van der Waals surface area contributed by atoms with Crippen molar-refractivity contribution in [2.75, 3.05) is 5.32 Å². The molecule has 32 heavy (non-hydrogen) atoms. The van der Waals surface area contributed by atoms with Crippen LogP contribution in [0.5, 0.6) is 0 Å². The van der Waals surface area contributed by atoms with Crippen molar-refractivity contribution < 1.29 is 4.79 Å². The fraction of sp³-hybridized carbons (Fsp3) is 0.111. The average Bonchev–Trinajstić information content (AvgIpc) is 2.81. The van der Waals surface area contributed by atoms with Crippen molar-refractivity contribution in [1.82, 2.24) is 4.98 Å². The number of carbonyl (C=O) groups excluding carboxylic acids is 1. The van der Waals surface area contributed by atoms with Crippen molar-refractivity contribution in [1.29, 1.82) is 0 Å². The summed E-state index contributed by atoms with van der Waals surface area (Å²) in [5.74, 6) is -0.517. The van der Waals surface area contributed by atoms with E-state index >= 15 is 0 Å². The Labute approximate surface area is 186 Å². The van der Waals surface area contributed by atoms with Crippen LogP contribution in [0.4, 0.5) is 5.69 Å². The molecule has 4 rings (SSSR count). The maximum absolute atomic E-state index is 13.1. The first-order valence-corrected chi connectivity index (χ1v) is 10.5. The minimum absolute atomic E-state index is 0.129. The Morgan fingerprint density at radius 1 is 0.812 bits per heavy atom. The molecular weight excluding hydrogens is 398 g/mol. The summed E-state index contributed by atoms with van der Waals surface area (Å²) in [6.45, 7) is 1.86. The van der Waals surface area contributed by atoms with E-state index in [-0.39, 0.29) is 17.4 Å². The summed E-state index contributed by atoms with van der Waals surface area (Å²) >= 11 is 0. The minimum atomic E-state index is -0.763. The van der Waals surface area contributed by atoms with E-state index in [1.165, 1.54) is 6.07 Å². The number of nitrogens with two attached hydrogens (primary N) is 1. The molecule has 3 aromatic carbocycles. The maximum Gasteiger partial charge on any atom is 0.248 e. The first kappa shape index (κ1) is 21.3. The SMILES string of the molecule is Cc1[nH]c(=O)ccc1-c1ccc(NC(=O)C(N)C(c2ccccc2)c2ccccc2)cc1. The van der Waals surface area contributed by atoms with Crippen LogP contribution < -0.4 is 16.6 Å². The number of aromatic nitrogens is 1. The highest BCUT2D eigenvalue weighted by Crippen LogP contribution is 2.28. The normalized spacial score (nSPS) is 11.8. The van der Waals surface area contributed by atoms with Gasteiger partial charge in [-0.3, -0.25) is 9.59 Å². The summed E-state index contributed by atoms with van der Waals surface area (Å²) in [6, 6.07) is 29.7. The topological polar surface area (TPSA) is 88.0 Å². The lowest BCUT2D eigenvalue weighted by Crippen LogP contribution is -2.41. The second-order valence-electron chi connectivity index (χ2n) is 7.75. The average molecular weight is 424 g/mol. The number of pyridine rings is 1. The molecule has 160 valence electrons. The fourth-order valence-corrected chi connectivity index (χ4v) is 3.93. The molecule has 0 radical (unpaired) electrons. The molecule has 0 saturated heterocycles. The van der Waals surface area contributed by atoms with Crippen molar-refractivity contribution in [3.8, 4) is 11.1 Å². The predicted octanol–water partition coefficient (Wildman–Crippen LogP) is 4.45. The molecule has 1 unspecified atom stereocenters. The quantitative estimate of drug-likeness (QED) is 0.428. The zero-order valence-corrected chi connectivity index (χ0v) is 17.8. The molecule has 0 aliphatic rings. The maximum atomic E-state index is 13.1. The van der Waals surface area contributed by atoms with Gasteiger partial charge in [0.1, 0.15) is 0 Å². The molecule has 0 spiro atoms. The van der Waals surface area contributed by atoms with Gasteiger partial charge in [-0.2, -0.15) is 0 Å². The first-order chi connectivity index (χ1) is 15.5. The van der Waals surface area contributed by atoms with Gasteiger partial charge in [0.05, 0.1) is 6.04 Å². The standard InChI is InChI=1S/C27H25N3O2/c1-18-23(16-17-24(31)29-18)19-12-14-22(15-13-19)30-27(32)26(28)25(20-8-4-2-5-9-20)21-10-6-3-7-11-21/h2-17,25-26H,28H2,1H3,(H,29,31)(H,30,32). The number of anilines is 1. The van der Waals surface area contributed by atoms with Crippen LogP contribution in [-0.2, 0) is 4.79 Å². The number of aromatic amines is 1. The molecule has 0 aliphatic carbocycles. The van der Waals surface area contributed by atoms with Crippen LogP contribution in [0, 0.1) is 6.92 Å². The Morgan fingerprint density at radius 3 is 1.91 bits per heavy atom. The lowest BCUT2D eigenvalue weighted by molar-refractivity contribution is -0.117. The van der Waals surface area contributed by atoms with Crippen molar-refractivity contribution in [3.05, 3.63) is 124 Å². The van der Waals surface area contributed by atoms with Gasteiger partial charge >= 0.3 is 0 Å². The predicted molar refractivity (Wildman–Crippen MR) is 129 cm³/mol. The van der Waals surface area contributed by atoms with Gasteiger partial charge in [0.2, 0.25) is 11.5 Å². The molecule has 4 N–H and O–H groups in total. The highest BCUT2D eigenvalue weighted by molar-refractivity contribution is 5.96. The summed E-state index contributed by atoms with van der Waals surface area (Å²) in [6.07, 6.45) is 0. The summed E-state index contributed by atoms with van der Waals surface area (Å²) < 4.78 is 0. The van der Waals surface area contributed by atoms with Crippen molar-refractivity contribution in [2.24, 2.45) is 5.73 Å². The summed E-state index contributed by atoms with van der Waals surface area (Å²) in [7, 11) is 0. The van der Waals surface area contributed by atoms with Gasteiger partial charge < -0.3 is 16.0 Å². The number of rotatable bonds is 6. The Bertz CT molecular complexity index is 1210. The Hall–Kier alpha value is -3.96. The number of H-pyrrole nitrogens is 1. The van der Waals surface area contributed by atoms with Crippen molar-refractivity contribution >= 4 is 11.6 Å². The molecule has 1 atom stereocenters. The van der Waals surface area contributed by atoms with Crippen molar-refractivity contribution in [3.63, 3.8) is 0 Å². The molecule has 1 amide bonds. The fourth-order valence-electron chi connectivity index (χ4n) is 3.93. The van der Waals surface area contributed by atoms with E-state index in [0.29, 0.717) is 5.69 Å². The Kier molecular flexibility index (Phi) is 6.29. The van der Waals surface area contributed by atoms with Crippen LogP contribution in [0.1, 0.15) is 22.7 Å². The lowest BCUT2D eigenvalue weighted by atomic mass is 9.85. The minimum Gasteiger partial charge on any atom is -0.326 e. The molecular formula is C27H25N3O2. The van der Waals surface area contributed by atoms with Gasteiger partial charge in [-0.15, -0.1) is 0 Å². The first-order valence-electron chi connectivity index (χ1n) is 10.5. The second kappa shape index (κ2) is 9.45. The van der Waals surface area contributed by atoms with Gasteiger partial charge in [0.15, 0.2) is 0 Å². The van der Waals surface area contributed by atoms with E-state index in [2.05, 4.69) is 10.3 Å². The van der Waals surface area contributed by atoms with E-state index in [4.69, 9.17) is 5.73 Å². The Morgan fingerprint density at radius 2 is 1.38 bits per heavy atom. The van der Waals surface area contributed by atoms with Crippen LogP contribution in [-0.4, -0.2) is 16.9 Å². The van der Waals surface area contributed by atoms with Gasteiger partial charge in [-0.1, -0.05) is 72.8 Å². The molecule has 5 nitrogen and oxygen atoms in total. The molecule has 1 aromatic heterocycles. The van der Waals surface area contributed by atoms with E-state index in [1.807, 2.05) is 91.9 Å². The summed E-state index contributed by atoms with van der Waals surface area (Å²) in [4.78, 5) is 27.3. The van der Waals surface area contributed by atoms with Crippen LogP contribution in [0.2, 0.25) is 0 Å². The zero-order valence-electron chi connectivity index (χ0n) is 17.8. The number of carbonyl (C=O) groups is 1. The zero-order chi connectivity index (χ0) is 22.5. The number of aryl methyl sites for hydroxylation is 1. The number of benzene rings is 3. The van der Waals surface area contributed by atoms with Gasteiger partial charge in [-0.25, -0.2) is 0 Å². The third-order valence-electron chi connectivity index (χ3n) is 5.56. The van der Waals surface area contributed by atoms with Crippen LogP contribution >= 0.6 is 0 Å². The largest absolute Gasteiger partial charge is 0.326 e. The number of hydrogen-bond donors (Lipinski definition) is 3. The molecule has 0 aliphatic heterocycles. The van der Waals surface area contributed by atoms with Crippen molar-refractivity contribution in [2.45, 2.75) is 18.9 Å². The molecule has 0 fully saturated rings. The molecule has 4 aromatic rings. The molecule has 1 heterocycles. The van der Waals surface area contributed by atoms with E-state index in [1.54, 1.807) is 6.07 Å². The number of hydrogen-bond acceptors (Lipinski definition) is 3. The Balaban J connectivity index is 1.55. The smallest absolute Gasteiger partial charge is 0.248 e. The third-order valence-corrected chi connectivity index (χ3v) is 5.56. The van der Waals surface area contributed by atoms with Gasteiger partial charge in [0, 0.05) is 28.9 Å². The lowest BCUT2D eigenvalue weighted by Gasteiger charge is -2.24. The molecule has 0 bridgehead atoms. The highest BCUT2D eigenvalue weighted by atomic mass is 16.2. The van der Waals surface area contributed by atoms with E-state index < -0.39 is 6.04 Å². The molecule has 0 saturated carbocycles. The van der Waals surface area contributed by atoms with Gasteiger partial charge in [-0.05, 0) is 41.8 Å². The van der Waals surface area contributed by atoms with E-state index in [0.717, 1.165) is 27.9 Å². The van der Waals surface area contributed by atoms with Gasteiger partial charge in [0.25, 0.3) is 0 Å². The number of nitrogens with one attached hydrogen (secondary N) is 2. The molecule has 5 heteroatoms. The van der Waals surface area contributed by atoms with Crippen LogP contribution in [0.3, 0.4) is 0 Å². The van der Waals surface area contributed by atoms with E-state index in [9.17, 15) is 9.59 Å². The van der Waals surface area contributed by atoms with Crippen LogP contribution in [0.15, 0.2) is 102 Å².